The number of carbonyl (C=O) groups is 1. The molecule has 2 aromatic rings. The maximum absolute atomic E-state index is 12.6. The van der Waals surface area contributed by atoms with E-state index in [1.807, 2.05) is 4.90 Å². The van der Waals surface area contributed by atoms with E-state index in [0.29, 0.717) is 37.6 Å². The molecule has 1 aromatic heterocycles. The predicted octanol–water partition coefficient (Wildman–Crippen LogP) is 3.59. The lowest BCUT2D eigenvalue weighted by atomic mass is 10.1. The average molecular weight is 415 g/mol. The predicted molar refractivity (Wildman–Crippen MR) is 94.8 cm³/mol. The Morgan fingerprint density at radius 2 is 1.69 bits per heavy atom. The van der Waals surface area contributed by atoms with Crippen LogP contribution >= 0.6 is 0 Å². The van der Waals surface area contributed by atoms with Gasteiger partial charge in [0.15, 0.2) is 0 Å². The summed E-state index contributed by atoms with van der Waals surface area (Å²) in [7, 11) is 0. The zero-order valence-electron chi connectivity index (χ0n) is 15.2. The lowest BCUT2D eigenvalue weighted by molar-refractivity contribution is -0.137. The van der Waals surface area contributed by atoms with Crippen LogP contribution in [-0.4, -0.2) is 48.6 Å². The van der Waals surface area contributed by atoms with Gasteiger partial charge in [-0.15, -0.1) is 0 Å². The van der Waals surface area contributed by atoms with Crippen LogP contribution in [0.5, 0.6) is 5.75 Å². The first kappa shape index (κ1) is 20.8. The van der Waals surface area contributed by atoms with Crippen molar-refractivity contribution in [1.82, 2.24) is 9.88 Å². The molecular formula is C19H18F5N3O2. The summed E-state index contributed by atoms with van der Waals surface area (Å²) in [5.74, 6) is 0.334. The zero-order chi connectivity index (χ0) is 21.0. The average Bonchev–Trinajstić information content (AvgIpc) is 2.69. The molecule has 0 radical (unpaired) electrons. The Hall–Kier alpha value is -2.91. The van der Waals surface area contributed by atoms with Gasteiger partial charge in [0.1, 0.15) is 11.6 Å². The number of rotatable bonds is 5. The van der Waals surface area contributed by atoms with Crippen LogP contribution in [0.4, 0.5) is 27.8 Å². The minimum atomic E-state index is -4.43. The first-order valence-electron chi connectivity index (χ1n) is 8.82. The summed E-state index contributed by atoms with van der Waals surface area (Å²) < 4.78 is 66.4. The standard InChI is InChI=1S/C19H18F5N3O2/c20-18(21)29-15-4-1-13(2-5-15)11-17(28)27-9-7-26(8-10-27)16-6-3-14(12-25-16)19(22,23)24/h1-6,12,18H,7-11H2. The molecule has 1 amide bonds. The van der Waals surface area contributed by atoms with Gasteiger partial charge in [-0.3, -0.25) is 4.79 Å². The monoisotopic (exact) mass is 415 g/mol. The summed E-state index contributed by atoms with van der Waals surface area (Å²) in [6.45, 7) is -1.18. The Balaban J connectivity index is 1.51. The highest BCUT2D eigenvalue weighted by Gasteiger charge is 2.31. The maximum atomic E-state index is 12.6. The number of carbonyl (C=O) groups excluding carboxylic acids is 1. The molecule has 1 aromatic carbocycles. The molecule has 0 unspecified atom stereocenters. The van der Waals surface area contributed by atoms with E-state index in [1.54, 1.807) is 17.0 Å². The van der Waals surface area contributed by atoms with Gasteiger partial charge >= 0.3 is 12.8 Å². The summed E-state index contributed by atoms with van der Waals surface area (Å²) in [5.41, 5.74) is -0.136. The molecule has 29 heavy (non-hydrogen) atoms. The number of hydrogen-bond donors (Lipinski definition) is 0. The molecule has 156 valence electrons. The van der Waals surface area contributed by atoms with Crippen molar-refractivity contribution in [1.29, 1.82) is 0 Å². The number of ether oxygens (including phenoxy) is 1. The Bertz CT molecular complexity index is 817. The number of benzene rings is 1. The summed E-state index contributed by atoms with van der Waals surface area (Å²) in [6, 6.07) is 8.17. The van der Waals surface area contributed by atoms with E-state index >= 15 is 0 Å². The molecule has 0 aliphatic carbocycles. The van der Waals surface area contributed by atoms with Gasteiger partial charge in [-0.25, -0.2) is 4.98 Å². The Labute approximate surface area is 163 Å². The molecule has 0 N–H and O–H groups in total. The van der Waals surface area contributed by atoms with Crippen molar-refractivity contribution < 1.29 is 31.5 Å². The number of pyridine rings is 1. The number of piperazine rings is 1. The first-order valence-corrected chi connectivity index (χ1v) is 8.82. The van der Waals surface area contributed by atoms with Crippen LogP contribution < -0.4 is 9.64 Å². The van der Waals surface area contributed by atoms with Crippen molar-refractivity contribution >= 4 is 11.7 Å². The molecule has 2 heterocycles. The number of nitrogens with zero attached hydrogens (tertiary/aromatic N) is 3. The summed E-state index contributed by atoms with van der Waals surface area (Å²) in [5, 5.41) is 0. The SMILES string of the molecule is O=C(Cc1ccc(OC(F)F)cc1)N1CCN(c2ccc(C(F)(F)F)cn2)CC1. The topological polar surface area (TPSA) is 45.7 Å². The molecule has 1 aliphatic heterocycles. The van der Waals surface area contributed by atoms with Gasteiger partial charge in [-0.05, 0) is 29.8 Å². The van der Waals surface area contributed by atoms with Crippen molar-refractivity contribution in [2.24, 2.45) is 0 Å². The van der Waals surface area contributed by atoms with Gasteiger partial charge in [-0.2, -0.15) is 22.0 Å². The van der Waals surface area contributed by atoms with E-state index in [0.717, 1.165) is 12.3 Å². The molecule has 0 saturated carbocycles. The van der Waals surface area contributed by atoms with Gasteiger partial charge < -0.3 is 14.5 Å². The van der Waals surface area contributed by atoms with E-state index in [1.165, 1.54) is 18.2 Å². The third-order valence-corrected chi connectivity index (χ3v) is 4.54. The molecular weight excluding hydrogens is 397 g/mol. The van der Waals surface area contributed by atoms with Crippen LogP contribution in [0.15, 0.2) is 42.6 Å². The van der Waals surface area contributed by atoms with E-state index in [4.69, 9.17) is 0 Å². The highest BCUT2D eigenvalue weighted by atomic mass is 19.4. The van der Waals surface area contributed by atoms with Crippen molar-refractivity contribution in [3.63, 3.8) is 0 Å². The smallest absolute Gasteiger partial charge is 0.417 e. The van der Waals surface area contributed by atoms with Crippen LogP contribution in [0.3, 0.4) is 0 Å². The van der Waals surface area contributed by atoms with Gasteiger partial charge in [0.2, 0.25) is 5.91 Å². The van der Waals surface area contributed by atoms with E-state index in [2.05, 4.69) is 9.72 Å². The van der Waals surface area contributed by atoms with Crippen LogP contribution in [0.1, 0.15) is 11.1 Å². The minimum Gasteiger partial charge on any atom is -0.435 e. The van der Waals surface area contributed by atoms with Gasteiger partial charge in [0, 0.05) is 32.4 Å². The molecule has 0 spiro atoms. The van der Waals surface area contributed by atoms with Crippen molar-refractivity contribution in [3.05, 3.63) is 53.7 Å². The van der Waals surface area contributed by atoms with Crippen LogP contribution in [-0.2, 0) is 17.4 Å². The third-order valence-electron chi connectivity index (χ3n) is 4.54. The van der Waals surface area contributed by atoms with Crippen molar-refractivity contribution in [3.8, 4) is 5.75 Å². The number of aromatic nitrogens is 1. The van der Waals surface area contributed by atoms with Crippen LogP contribution in [0.25, 0.3) is 0 Å². The maximum Gasteiger partial charge on any atom is 0.417 e. The fourth-order valence-corrected chi connectivity index (χ4v) is 3.00. The van der Waals surface area contributed by atoms with Gasteiger partial charge in [-0.1, -0.05) is 12.1 Å². The molecule has 1 aliphatic rings. The van der Waals surface area contributed by atoms with Gasteiger partial charge in [0.25, 0.3) is 0 Å². The van der Waals surface area contributed by atoms with Gasteiger partial charge in [0.05, 0.1) is 12.0 Å². The summed E-state index contributed by atoms with van der Waals surface area (Å²) in [4.78, 5) is 19.8. The van der Waals surface area contributed by atoms with Crippen LogP contribution in [0.2, 0.25) is 0 Å². The number of halogens is 5. The number of hydrogen-bond acceptors (Lipinski definition) is 4. The fourth-order valence-electron chi connectivity index (χ4n) is 3.00. The second kappa shape index (κ2) is 8.62. The number of alkyl halides is 5. The lowest BCUT2D eigenvalue weighted by Crippen LogP contribution is -2.49. The second-order valence-corrected chi connectivity index (χ2v) is 6.47. The molecule has 0 atom stereocenters. The van der Waals surface area contributed by atoms with E-state index in [9.17, 15) is 26.7 Å². The Kier molecular flexibility index (Phi) is 6.19. The molecule has 5 nitrogen and oxygen atoms in total. The van der Waals surface area contributed by atoms with Crippen molar-refractivity contribution in [2.75, 3.05) is 31.1 Å². The summed E-state index contributed by atoms with van der Waals surface area (Å²) in [6.07, 6.45) is -3.51. The fraction of sp³-hybridized carbons (Fsp3) is 0.368. The molecule has 10 heteroatoms. The minimum absolute atomic E-state index is 0.0221. The highest BCUT2D eigenvalue weighted by molar-refractivity contribution is 5.79. The quantitative estimate of drug-likeness (QED) is 0.701. The number of anilines is 1. The van der Waals surface area contributed by atoms with Crippen LogP contribution in [0, 0.1) is 0 Å². The molecule has 1 saturated heterocycles. The zero-order valence-corrected chi connectivity index (χ0v) is 15.2. The Morgan fingerprint density at radius 3 is 2.21 bits per heavy atom. The number of amides is 1. The molecule has 0 bridgehead atoms. The third kappa shape index (κ3) is 5.55. The second-order valence-electron chi connectivity index (χ2n) is 6.47. The largest absolute Gasteiger partial charge is 0.435 e. The molecule has 1 fully saturated rings. The van der Waals surface area contributed by atoms with E-state index < -0.39 is 18.4 Å². The van der Waals surface area contributed by atoms with Crippen molar-refractivity contribution in [2.45, 2.75) is 19.2 Å². The normalized spacial score (nSPS) is 15.0. The van der Waals surface area contributed by atoms with E-state index in [-0.39, 0.29) is 18.1 Å². The molecule has 3 rings (SSSR count). The first-order chi connectivity index (χ1) is 13.7. The summed E-state index contributed by atoms with van der Waals surface area (Å²) >= 11 is 0. The Morgan fingerprint density at radius 1 is 1.03 bits per heavy atom. The lowest BCUT2D eigenvalue weighted by Gasteiger charge is -2.35. The highest BCUT2D eigenvalue weighted by Crippen LogP contribution is 2.29.